The molecule has 1 aromatic rings. The highest BCUT2D eigenvalue weighted by Crippen LogP contribution is 2.32. The van der Waals surface area contributed by atoms with Crippen LogP contribution in [0.1, 0.15) is 17.3 Å². The summed E-state index contributed by atoms with van der Waals surface area (Å²) in [6.45, 7) is 2.06. The summed E-state index contributed by atoms with van der Waals surface area (Å²) in [5.74, 6) is -2.02. The molecule has 2 unspecified atom stereocenters. The van der Waals surface area contributed by atoms with E-state index in [0.717, 1.165) is 12.1 Å². The first-order valence-electron chi connectivity index (χ1n) is 5.28. The third-order valence-electron chi connectivity index (χ3n) is 3.21. The summed E-state index contributed by atoms with van der Waals surface area (Å²) in [4.78, 5) is 12.2. The molecule has 2 atom stereocenters. The van der Waals surface area contributed by atoms with Crippen LogP contribution in [0.25, 0.3) is 0 Å². The van der Waals surface area contributed by atoms with Crippen LogP contribution in [0.4, 0.5) is 8.78 Å². The number of carbonyl (C=O) groups excluding carboxylic acids is 1. The van der Waals surface area contributed by atoms with Crippen LogP contribution < -0.4 is 5.73 Å². The normalized spacial score (nSPS) is 28.4. The van der Waals surface area contributed by atoms with E-state index in [1.54, 1.807) is 6.92 Å². The lowest BCUT2D eigenvalue weighted by Crippen LogP contribution is -2.44. The van der Waals surface area contributed by atoms with Crippen molar-refractivity contribution < 1.29 is 18.3 Å². The van der Waals surface area contributed by atoms with Gasteiger partial charge >= 0.3 is 0 Å². The van der Waals surface area contributed by atoms with E-state index in [1.165, 1.54) is 0 Å². The first kappa shape index (κ1) is 12.1. The average molecular weight is 241 g/mol. The second-order valence-electron chi connectivity index (χ2n) is 4.49. The average Bonchev–Trinajstić information content (AvgIpc) is 2.60. The van der Waals surface area contributed by atoms with Gasteiger partial charge in [-0.05, 0) is 19.1 Å². The first-order valence-corrected chi connectivity index (χ1v) is 5.28. The summed E-state index contributed by atoms with van der Waals surface area (Å²) in [5, 5.41) is 0. The van der Waals surface area contributed by atoms with Crippen molar-refractivity contribution in [2.45, 2.75) is 13.0 Å². The van der Waals surface area contributed by atoms with Crippen LogP contribution in [0.2, 0.25) is 0 Å². The van der Waals surface area contributed by atoms with Gasteiger partial charge in [-0.2, -0.15) is 0 Å². The molecule has 0 spiro atoms. The van der Waals surface area contributed by atoms with Gasteiger partial charge in [0.05, 0.1) is 24.2 Å². The zero-order chi connectivity index (χ0) is 12.6. The molecule has 92 valence electrons. The summed E-state index contributed by atoms with van der Waals surface area (Å²) < 4.78 is 31.4. The molecule has 2 N–H and O–H groups in total. The van der Waals surface area contributed by atoms with E-state index >= 15 is 0 Å². The standard InChI is InChI=1S/C12H13F2NO2/c1-12(6-17-5-10(12)15)11(16)8-3-2-7(13)4-9(8)14/h2-4,10H,5-6,15H2,1H3. The minimum Gasteiger partial charge on any atom is -0.379 e. The molecular formula is C12H13F2NO2. The molecular weight excluding hydrogens is 228 g/mol. The van der Waals surface area contributed by atoms with E-state index in [0.29, 0.717) is 6.07 Å². The third-order valence-corrected chi connectivity index (χ3v) is 3.21. The number of hydrogen-bond donors (Lipinski definition) is 1. The zero-order valence-electron chi connectivity index (χ0n) is 9.37. The number of Topliss-reactive ketones (excluding diaryl/α,β-unsaturated/α-hetero) is 1. The van der Waals surface area contributed by atoms with E-state index in [1.807, 2.05) is 0 Å². The van der Waals surface area contributed by atoms with Crippen molar-refractivity contribution in [1.29, 1.82) is 0 Å². The van der Waals surface area contributed by atoms with Crippen LogP contribution in [-0.2, 0) is 4.74 Å². The van der Waals surface area contributed by atoms with E-state index in [2.05, 4.69) is 0 Å². The van der Waals surface area contributed by atoms with Crippen molar-refractivity contribution in [2.24, 2.45) is 11.1 Å². The number of ether oxygens (including phenoxy) is 1. The quantitative estimate of drug-likeness (QED) is 0.798. The van der Waals surface area contributed by atoms with Gasteiger partial charge in [0.1, 0.15) is 11.6 Å². The maximum atomic E-state index is 13.5. The highest BCUT2D eigenvalue weighted by Gasteiger charge is 2.45. The van der Waals surface area contributed by atoms with Crippen molar-refractivity contribution in [3.8, 4) is 0 Å². The number of nitrogens with two attached hydrogens (primary N) is 1. The molecule has 17 heavy (non-hydrogen) atoms. The Morgan fingerprint density at radius 3 is 2.76 bits per heavy atom. The molecule has 1 aliphatic rings. The monoisotopic (exact) mass is 241 g/mol. The zero-order valence-corrected chi connectivity index (χ0v) is 9.37. The number of carbonyl (C=O) groups is 1. The van der Waals surface area contributed by atoms with Gasteiger partial charge in [-0.3, -0.25) is 4.79 Å². The van der Waals surface area contributed by atoms with Crippen molar-refractivity contribution in [2.75, 3.05) is 13.2 Å². The summed E-state index contributed by atoms with van der Waals surface area (Å²) in [6, 6.07) is 2.42. The maximum absolute atomic E-state index is 13.5. The van der Waals surface area contributed by atoms with Gasteiger partial charge in [-0.15, -0.1) is 0 Å². The lowest BCUT2D eigenvalue weighted by Gasteiger charge is -2.25. The molecule has 0 aliphatic carbocycles. The fourth-order valence-corrected chi connectivity index (χ4v) is 1.90. The SMILES string of the molecule is CC1(C(=O)c2ccc(F)cc2F)COCC1N. The van der Waals surface area contributed by atoms with Crippen LogP contribution in [0.3, 0.4) is 0 Å². The predicted octanol–water partition coefficient (Wildman–Crippen LogP) is 1.51. The summed E-state index contributed by atoms with van der Waals surface area (Å²) in [7, 11) is 0. The second kappa shape index (κ2) is 4.16. The lowest BCUT2D eigenvalue weighted by molar-refractivity contribution is 0.0763. The third kappa shape index (κ3) is 1.96. The van der Waals surface area contributed by atoms with Crippen LogP contribution in [0, 0.1) is 17.0 Å². The Labute approximate surface area is 97.6 Å². The van der Waals surface area contributed by atoms with E-state index in [4.69, 9.17) is 10.5 Å². The van der Waals surface area contributed by atoms with E-state index < -0.39 is 28.9 Å². The van der Waals surface area contributed by atoms with Crippen molar-refractivity contribution in [1.82, 2.24) is 0 Å². The van der Waals surface area contributed by atoms with Crippen molar-refractivity contribution in [3.63, 3.8) is 0 Å². The van der Waals surface area contributed by atoms with Gasteiger partial charge in [-0.25, -0.2) is 8.78 Å². The lowest BCUT2D eigenvalue weighted by atomic mass is 9.78. The molecule has 1 aromatic carbocycles. The Hall–Kier alpha value is -1.33. The van der Waals surface area contributed by atoms with Gasteiger partial charge in [0.2, 0.25) is 0 Å². The molecule has 3 nitrogen and oxygen atoms in total. The Morgan fingerprint density at radius 1 is 1.53 bits per heavy atom. The predicted molar refractivity (Wildman–Crippen MR) is 57.6 cm³/mol. The van der Waals surface area contributed by atoms with E-state index in [-0.39, 0.29) is 18.8 Å². The highest BCUT2D eigenvalue weighted by molar-refractivity contribution is 6.01. The largest absolute Gasteiger partial charge is 0.379 e. The topological polar surface area (TPSA) is 52.3 Å². The molecule has 5 heteroatoms. The van der Waals surface area contributed by atoms with Gasteiger partial charge in [0, 0.05) is 12.1 Å². The van der Waals surface area contributed by atoms with Crippen LogP contribution in [-0.4, -0.2) is 25.0 Å². The van der Waals surface area contributed by atoms with Crippen LogP contribution in [0.5, 0.6) is 0 Å². The van der Waals surface area contributed by atoms with Gasteiger partial charge in [0.25, 0.3) is 0 Å². The molecule has 1 heterocycles. The molecule has 2 rings (SSSR count). The Balaban J connectivity index is 2.37. The summed E-state index contributed by atoms with van der Waals surface area (Å²) >= 11 is 0. The maximum Gasteiger partial charge on any atom is 0.175 e. The molecule has 0 aromatic heterocycles. The summed E-state index contributed by atoms with van der Waals surface area (Å²) in [6.07, 6.45) is 0. The molecule has 0 bridgehead atoms. The smallest absolute Gasteiger partial charge is 0.175 e. The van der Waals surface area contributed by atoms with Crippen LogP contribution in [0.15, 0.2) is 18.2 Å². The summed E-state index contributed by atoms with van der Waals surface area (Å²) in [5.41, 5.74) is 4.70. The van der Waals surface area contributed by atoms with E-state index in [9.17, 15) is 13.6 Å². The Bertz CT molecular complexity index is 464. The fraction of sp³-hybridized carbons (Fsp3) is 0.417. The minimum absolute atomic E-state index is 0.144. The number of ketones is 1. The first-order chi connectivity index (χ1) is 7.95. The fourth-order valence-electron chi connectivity index (χ4n) is 1.90. The number of benzene rings is 1. The molecule has 0 amide bonds. The second-order valence-corrected chi connectivity index (χ2v) is 4.49. The highest BCUT2D eigenvalue weighted by atomic mass is 19.1. The van der Waals surface area contributed by atoms with Gasteiger partial charge < -0.3 is 10.5 Å². The number of hydrogen-bond acceptors (Lipinski definition) is 3. The molecule has 0 saturated carbocycles. The molecule has 1 saturated heterocycles. The minimum atomic E-state index is -0.946. The number of rotatable bonds is 2. The molecule has 0 radical (unpaired) electrons. The van der Waals surface area contributed by atoms with Gasteiger partial charge in [-0.1, -0.05) is 0 Å². The molecule has 1 fully saturated rings. The Morgan fingerprint density at radius 2 is 2.24 bits per heavy atom. The van der Waals surface area contributed by atoms with Crippen molar-refractivity contribution >= 4 is 5.78 Å². The number of halogens is 2. The Kier molecular flexibility index (Phi) is 2.97. The van der Waals surface area contributed by atoms with Crippen molar-refractivity contribution in [3.05, 3.63) is 35.4 Å². The van der Waals surface area contributed by atoms with Crippen LogP contribution >= 0.6 is 0 Å². The molecule has 1 aliphatic heterocycles. The van der Waals surface area contributed by atoms with Gasteiger partial charge in [0.15, 0.2) is 5.78 Å².